The van der Waals surface area contributed by atoms with Crippen LogP contribution in [-0.2, 0) is 0 Å². The maximum atomic E-state index is 9.73. The van der Waals surface area contributed by atoms with Crippen LogP contribution in [0.2, 0.25) is 5.02 Å². The Labute approximate surface area is 88.3 Å². The molecule has 14 heavy (non-hydrogen) atoms. The predicted molar refractivity (Wildman–Crippen MR) is 56.4 cm³/mol. The van der Waals surface area contributed by atoms with E-state index in [1.54, 1.807) is 6.92 Å². The van der Waals surface area contributed by atoms with Crippen molar-refractivity contribution >= 4 is 17.4 Å². The quantitative estimate of drug-likeness (QED) is 0.803. The van der Waals surface area contributed by atoms with Gasteiger partial charge in [0.1, 0.15) is 17.2 Å². The third-order valence-electron chi connectivity index (χ3n) is 2.07. The highest BCUT2D eigenvalue weighted by molar-refractivity contribution is 6.32. The largest absolute Gasteiger partial charge is 0.388 e. The summed E-state index contributed by atoms with van der Waals surface area (Å²) in [6, 6.07) is 0. The molecule has 5 heteroatoms. The zero-order chi connectivity index (χ0) is 10.6. The standard InChI is InChI=1S/C9H14ClN3O/c1-3-9(2,14)5-12-8-7(10)4-11-6-13-8/h4,6,14H,3,5H2,1-2H3,(H,11,12,13). The van der Waals surface area contributed by atoms with Crippen LogP contribution in [0.1, 0.15) is 20.3 Å². The lowest BCUT2D eigenvalue weighted by Gasteiger charge is -2.21. The molecule has 1 atom stereocenters. The van der Waals surface area contributed by atoms with Crippen LogP contribution in [0, 0.1) is 0 Å². The summed E-state index contributed by atoms with van der Waals surface area (Å²) < 4.78 is 0. The Hall–Kier alpha value is -0.870. The zero-order valence-electron chi connectivity index (χ0n) is 8.29. The maximum Gasteiger partial charge on any atom is 0.148 e. The number of hydrogen-bond donors (Lipinski definition) is 2. The molecule has 1 aromatic rings. The number of anilines is 1. The summed E-state index contributed by atoms with van der Waals surface area (Å²) in [6.07, 6.45) is 3.59. The van der Waals surface area contributed by atoms with Gasteiger partial charge in [0.15, 0.2) is 0 Å². The summed E-state index contributed by atoms with van der Waals surface area (Å²) in [5, 5.41) is 13.2. The third-order valence-corrected chi connectivity index (χ3v) is 2.34. The van der Waals surface area contributed by atoms with Crippen molar-refractivity contribution in [2.75, 3.05) is 11.9 Å². The smallest absolute Gasteiger partial charge is 0.148 e. The Bertz CT molecular complexity index is 304. The maximum absolute atomic E-state index is 9.73. The molecule has 0 bridgehead atoms. The van der Waals surface area contributed by atoms with Crippen LogP contribution in [0.15, 0.2) is 12.5 Å². The molecule has 0 radical (unpaired) electrons. The highest BCUT2D eigenvalue weighted by Crippen LogP contribution is 2.17. The van der Waals surface area contributed by atoms with E-state index in [4.69, 9.17) is 11.6 Å². The summed E-state index contributed by atoms with van der Waals surface area (Å²) in [7, 11) is 0. The van der Waals surface area contributed by atoms with Gasteiger partial charge in [0.2, 0.25) is 0 Å². The molecule has 0 amide bonds. The number of hydrogen-bond acceptors (Lipinski definition) is 4. The molecule has 0 saturated carbocycles. The summed E-state index contributed by atoms with van der Waals surface area (Å²) in [5.41, 5.74) is -0.742. The van der Waals surface area contributed by atoms with Gasteiger partial charge in [-0.2, -0.15) is 0 Å². The molecule has 1 heterocycles. The molecule has 0 aromatic carbocycles. The Kier molecular flexibility index (Phi) is 3.66. The summed E-state index contributed by atoms with van der Waals surface area (Å²) in [5.74, 6) is 0.551. The fourth-order valence-corrected chi connectivity index (χ4v) is 1.01. The number of nitrogens with zero attached hydrogens (tertiary/aromatic N) is 2. The fourth-order valence-electron chi connectivity index (χ4n) is 0.842. The van der Waals surface area contributed by atoms with Crippen LogP contribution in [0.4, 0.5) is 5.82 Å². The Morgan fingerprint density at radius 3 is 2.93 bits per heavy atom. The van der Waals surface area contributed by atoms with Crippen LogP contribution >= 0.6 is 11.6 Å². The second-order valence-corrected chi connectivity index (χ2v) is 3.83. The fraction of sp³-hybridized carbons (Fsp3) is 0.556. The number of aliphatic hydroxyl groups is 1. The van der Waals surface area contributed by atoms with Gasteiger partial charge in [-0.3, -0.25) is 0 Å². The van der Waals surface area contributed by atoms with Crippen molar-refractivity contribution in [3.8, 4) is 0 Å². The van der Waals surface area contributed by atoms with Gasteiger partial charge in [-0.1, -0.05) is 18.5 Å². The van der Waals surface area contributed by atoms with E-state index in [0.717, 1.165) is 0 Å². The molecular weight excluding hydrogens is 202 g/mol. The average Bonchev–Trinajstić information content (AvgIpc) is 2.17. The molecular formula is C9H14ClN3O. The normalized spacial score (nSPS) is 14.9. The van der Waals surface area contributed by atoms with E-state index < -0.39 is 5.60 Å². The molecule has 1 aromatic heterocycles. The molecule has 0 spiro atoms. The molecule has 78 valence electrons. The van der Waals surface area contributed by atoms with Crippen molar-refractivity contribution in [1.82, 2.24) is 9.97 Å². The molecule has 1 rings (SSSR count). The molecule has 4 nitrogen and oxygen atoms in total. The van der Waals surface area contributed by atoms with E-state index in [0.29, 0.717) is 23.8 Å². The van der Waals surface area contributed by atoms with Gasteiger partial charge in [-0.15, -0.1) is 0 Å². The van der Waals surface area contributed by atoms with E-state index in [-0.39, 0.29) is 0 Å². The number of nitrogens with one attached hydrogen (secondary N) is 1. The molecule has 0 saturated heterocycles. The number of rotatable bonds is 4. The van der Waals surface area contributed by atoms with Gasteiger partial charge in [-0.25, -0.2) is 9.97 Å². The highest BCUT2D eigenvalue weighted by Gasteiger charge is 2.17. The monoisotopic (exact) mass is 215 g/mol. The predicted octanol–water partition coefficient (Wildman–Crippen LogP) is 1.70. The summed E-state index contributed by atoms with van der Waals surface area (Å²) >= 11 is 5.83. The van der Waals surface area contributed by atoms with Crippen LogP contribution in [0.25, 0.3) is 0 Å². The number of halogens is 1. The van der Waals surface area contributed by atoms with E-state index in [2.05, 4.69) is 15.3 Å². The minimum atomic E-state index is -0.742. The Morgan fingerprint density at radius 2 is 2.36 bits per heavy atom. The Morgan fingerprint density at radius 1 is 1.64 bits per heavy atom. The van der Waals surface area contributed by atoms with Crippen LogP contribution in [0.3, 0.4) is 0 Å². The molecule has 0 aliphatic carbocycles. The van der Waals surface area contributed by atoms with Gasteiger partial charge < -0.3 is 10.4 Å². The molecule has 0 aliphatic rings. The first-order valence-corrected chi connectivity index (χ1v) is 4.85. The van der Waals surface area contributed by atoms with Gasteiger partial charge >= 0.3 is 0 Å². The van der Waals surface area contributed by atoms with Gasteiger partial charge in [0.05, 0.1) is 11.8 Å². The van der Waals surface area contributed by atoms with E-state index >= 15 is 0 Å². The molecule has 0 fully saturated rings. The SMILES string of the molecule is CCC(C)(O)CNc1ncncc1Cl. The topological polar surface area (TPSA) is 58.0 Å². The number of aromatic nitrogens is 2. The minimum absolute atomic E-state index is 0.417. The van der Waals surface area contributed by atoms with Crippen molar-refractivity contribution in [3.63, 3.8) is 0 Å². The summed E-state index contributed by atoms with van der Waals surface area (Å²) in [4.78, 5) is 7.71. The lowest BCUT2D eigenvalue weighted by Crippen LogP contribution is -2.32. The third kappa shape index (κ3) is 3.12. The average molecular weight is 216 g/mol. The second-order valence-electron chi connectivity index (χ2n) is 3.42. The summed E-state index contributed by atoms with van der Waals surface area (Å²) in [6.45, 7) is 4.10. The lowest BCUT2D eigenvalue weighted by molar-refractivity contribution is 0.0696. The Balaban J connectivity index is 2.58. The van der Waals surface area contributed by atoms with Crippen molar-refractivity contribution < 1.29 is 5.11 Å². The first-order valence-electron chi connectivity index (χ1n) is 4.47. The second kappa shape index (κ2) is 4.57. The van der Waals surface area contributed by atoms with Crippen molar-refractivity contribution in [3.05, 3.63) is 17.5 Å². The first-order chi connectivity index (χ1) is 6.55. The van der Waals surface area contributed by atoms with E-state index in [9.17, 15) is 5.11 Å². The highest BCUT2D eigenvalue weighted by atomic mass is 35.5. The lowest BCUT2D eigenvalue weighted by atomic mass is 10.0. The minimum Gasteiger partial charge on any atom is -0.388 e. The van der Waals surface area contributed by atoms with Crippen molar-refractivity contribution in [2.45, 2.75) is 25.9 Å². The van der Waals surface area contributed by atoms with Crippen LogP contribution in [-0.4, -0.2) is 27.2 Å². The van der Waals surface area contributed by atoms with Crippen molar-refractivity contribution in [1.29, 1.82) is 0 Å². The van der Waals surface area contributed by atoms with Crippen LogP contribution < -0.4 is 5.32 Å². The molecule has 0 aliphatic heterocycles. The van der Waals surface area contributed by atoms with Gasteiger partial charge in [0, 0.05) is 6.54 Å². The molecule has 2 N–H and O–H groups in total. The van der Waals surface area contributed by atoms with Crippen LogP contribution in [0.5, 0.6) is 0 Å². The first kappa shape index (κ1) is 11.2. The van der Waals surface area contributed by atoms with Gasteiger partial charge in [0.25, 0.3) is 0 Å². The zero-order valence-corrected chi connectivity index (χ0v) is 9.04. The van der Waals surface area contributed by atoms with E-state index in [1.807, 2.05) is 6.92 Å². The van der Waals surface area contributed by atoms with Gasteiger partial charge in [-0.05, 0) is 13.3 Å². The van der Waals surface area contributed by atoms with E-state index in [1.165, 1.54) is 12.5 Å². The van der Waals surface area contributed by atoms with Crippen molar-refractivity contribution in [2.24, 2.45) is 0 Å². The molecule has 1 unspecified atom stereocenters.